The number of rotatable bonds is 14. The van der Waals surface area contributed by atoms with Crippen molar-refractivity contribution >= 4 is 11.8 Å². The van der Waals surface area contributed by atoms with E-state index in [1.807, 2.05) is 35.2 Å². The number of hydrogen-bond donors (Lipinski definition) is 3. The van der Waals surface area contributed by atoms with Gasteiger partial charge in [0.15, 0.2) is 0 Å². The van der Waals surface area contributed by atoms with Crippen LogP contribution in [-0.2, 0) is 35.5 Å². The molecule has 2 atom stereocenters. The van der Waals surface area contributed by atoms with E-state index in [-0.39, 0.29) is 31.7 Å². The molecule has 1 saturated heterocycles. The molecule has 1 aliphatic rings. The van der Waals surface area contributed by atoms with Gasteiger partial charge in [-0.25, -0.2) is 8.78 Å². The third-order valence-corrected chi connectivity index (χ3v) is 8.03. The number of amides is 2. The van der Waals surface area contributed by atoms with Crippen LogP contribution >= 0.6 is 0 Å². The van der Waals surface area contributed by atoms with E-state index < -0.39 is 29.7 Å². The second-order valence-corrected chi connectivity index (χ2v) is 11.5. The van der Waals surface area contributed by atoms with Crippen LogP contribution < -0.4 is 10.6 Å². The van der Waals surface area contributed by atoms with E-state index in [1.54, 1.807) is 0 Å². The monoisotopic (exact) mass is 606 g/mol. The Morgan fingerprint density at radius 1 is 0.841 bits per heavy atom. The predicted octanol–water partition coefficient (Wildman–Crippen LogP) is 4.22. The average Bonchev–Trinajstić information content (AvgIpc) is 3.25. The van der Waals surface area contributed by atoms with Gasteiger partial charge in [-0.2, -0.15) is 0 Å². The molecule has 0 unspecified atom stereocenters. The van der Waals surface area contributed by atoms with E-state index in [2.05, 4.69) is 46.7 Å². The predicted molar refractivity (Wildman–Crippen MR) is 168 cm³/mol. The summed E-state index contributed by atoms with van der Waals surface area (Å²) in [4.78, 5) is 30.2. The Kier molecular flexibility index (Phi) is 12.8. The molecule has 0 spiro atoms. The van der Waals surface area contributed by atoms with Gasteiger partial charge in [0.1, 0.15) is 11.6 Å². The van der Waals surface area contributed by atoms with Crippen LogP contribution in [0.4, 0.5) is 8.78 Å². The topological polar surface area (TPSA) is 84.9 Å². The van der Waals surface area contributed by atoms with Crippen molar-refractivity contribution in [2.24, 2.45) is 0 Å². The standard InChI is InChI=1S/C35H44F2N4O3/c1-2-26-10-6-11-28(18-26)23-38-24-33(42)32(21-29-19-30(36)22-31(37)20-29)39-34(43)12-13-35(44)41-15-7-14-40(16-17-41)25-27-8-4-3-5-9-27/h3-6,8-11,18-20,22,32-33,38,42H,2,7,12-17,21,23-25H2,1H3,(H,39,43)/t32-,33+/m1/s1. The molecule has 0 radical (unpaired) electrons. The average molecular weight is 607 g/mol. The molecule has 9 heteroatoms. The molecule has 0 bridgehead atoms. The maximum Gasteiger partial charge on any atom is 0.223 e. The lowest BCUT2D eigenvalue weighted by atomic mass is 10.00. The van der Waals surface area contributed by atoms with Crippen molar-refractivity contribution in [3.05, 3.63) is 107 Å². The van der Waals surface area contributed by atoms with Gasteiger partial charge in [0, 0.05) is 64.7 Å². The second kappa shape index (κ2) is 17.0. The Balaban J connectivity index is 1.29. The number of aryl methyl sites for hydroxylation is 1. The highest BCUT2D eigenvalue weighted by Gasteiger charge is 2.24. The molecule has 3 aromatic rings. The summed E-state index contributed by atoms with van der Waals surface area (Å²) in [6, 6.07) is 20.8. The first-order valence-electron chi connectivity index (χ1n) is 15.5. The summed E-state index contributed by atoms with van der Waals surface area (Å²) >= 11 is 0. The maximum absolute atomic E-state index is 13.9. The molecule has 0 aliphatic carbocycles. The van der Waals surface area contributed by atoms with Crippen LogP contribution in [0, 0.1) is 11.6 Å². The Morgan fingerprint density at radius 2 is 1.57 bits per heavy atom. The van der Waals surface area contributed by atoms with Crippen molar-refractivity contribution < 1.29 is 23.5 Å². The molecule has 3 N–H and O–H groups in total. The van der Waals surface area contributed by atoms with E-state index >= 15 is 0 Å². The lowest BCUT2D eigenvalue weighted by Gasteiger charge is -2.25. The Morgan fingerprint density at radius 3 is 2.32 bits per heavy atom. The Labute approximate surface area is 259 Å². The zero-order chi connectivity index (χ0) is 31.3. The van der Waals surface area contributed by atoms with Crippen LogP contribution in [0.3, 0.4) is 0 Å². The fourth-order valence-electron chi connectivity index (χ4n) is 5.61. The van der Waals surface area contributed by atoms with Crippen LogP contribution in [0.25, 0.3) is 0 Å². The third kappa shape index (κ3) is 10.8. The minimum absolute atomic E-state index is 0.0336. The third-order valence-electron chi connectivity index (χ3n) is 8.03. The van der Waals surface area contributed by atoms with Crippen LogP contribution in [0.15, 0.2) is 72.8 Å². The summed E-state index contributed by atoms with van der Waals surface area (Å²) in [5.41, 5.74) is 3.84. The van der Waals surface area contributed by atoms with Gasteiger partial charge < -0.3 is 20.6 Å². The SMILES string of the molecule is CCc1cccc(CNC[C@H](O)[C@@H](Cc2cc(F)cc(F)c2)NC(=O)CCC(=O)N2CCCN(Cc3ccccc3)CC2)c1. The van der Waals surface area contributed by atoms with Crippen molar-refractivity contribution in [2.45, 2.75) is 64.3 Å². The normalized spacial score (nSPS) is 15.4. The lowest BCUT2D eigenvalue weighted by molar-refractivity contribution is -0.133. The number of carbonyl (C=O) groups excluding carboxylic acids is 2. The fraction of sp³-hybridized carbons (Fsp3) is 0.429. The van der Waals surface area contributed by atoms with Gasteiger partial charge in [0.05, 0.1) is 12.1 Å². The number of aliphatic hydroxyl groups excluding tert-OH is 1. The Hall–Kier alpha value is -3.66. The number of carbonyl (C=O) groups is 2. The van der Waals surface area contributed by atoms with Gasteiger partial charge in [-0.1, -0.05) is 61.5 Å². The van der Waals surface area contributed by atoms with E-state index in [9.17, 15) is 23.5 Å². The summed E-state index contributed by atoms with van der Waals surface area (Å²) in [6.07, 6.45) is 0.790. The summed E-state index contributed by atoms with van der Waals surface area (Å²) in [5, 5.41) is 17.1. The molecule has 1 fully saturated rings. The summed E-state index contributed by atoms with van der Waals surface area (Å²) in [7, 11) is 0. The second-order valence-electron chi connectivity index (χ2n) is 11.5. The van der Waals surface area contributed by atoms with E-state index in [1.165, 1.54) is 23.3 Å². The fourth-order valence-corrected chi connectivity index (χ4v) is 5.61. The first kappa shape index (κ1) is 33.2. The first-order chi connectivity index (χ1) is 21.3. The van der Waals surface area contributed by atoms with Gasteiger partial charge >= 0.3 is 0 Å². The minimum atomic E-state index is -1.03. The summed E-state index contributed by atoms with van der Waals surface area (Å²) in [6.45, 7) is 6.51. The molecule has 4 rings (SSSR count). The number of nitrogens with one attached hydrogen (secondary N) is 2. The number of halogens is 2. The zero-order valence-electron chi connectivity index (χ0n) is 25.5. The van der Waals surface area contributed by atoms with Gasteiger partial charge in [-0.05, 0) is 53.6 Å². The summed E-state index contributed by atoms with van der Waals surface area (Å²) in [5.74, 6) is -1.92. The van der Waals surface area contributed by atoms with Crippen molar-refractivity contribution in [2.75, 3.05) is 32.7 Å². The highest BCUT2D eigenvalue weighted by molar-refractivity contribution is 5.84. The number of aliphatic hydroxyl groups is 1. The maximum atomic E-state index is 13.9. The number of hydrogen-bond acceptors (Lipinski definition) is 5. The molecule has 0 saturated carbocycles. The van der Waals surface area contributed by atoms with Crippen LogP contribution in [-0.4, -0.2) is 71.6 Å². The molecular weight excluding hydrogens is 562 g/mol. The molecule has 3 aromatic carbocycles. The summed E-state index contributed by atoms with van der Waals surface area (Å²) < 4.78 is 27.8. The van der Waals surface area contributed by atoms with Crippen LogP contribution in [0.1, 0.15) is 48.4 Å². The first-order valence-corrected chi connectivity index (χ1v) is 15.5. The molecule has 1 heterocycles. The minimum Gasteiger partial charge on any atom is -0.390 e. The van der Waals surface area contributed by atoms with Crippen LogP contribution in [0.2, 0.25) is 0 Å². The zero-order valence-corrected chi connectivity index (χ0v) is 25.5. The number of nitrogens with zero attached hydrogens (tertiary/aromatic N) is 2. The van der Waals surface area contributed by atoms with Crippen molar-refractivity contribution in [1.82, 2.24) is 20.4 Å². The quantitative estimate of drug-likeness (QED) is 0.256. The molecule has 2 amide bonds. The molecule has 0 aromatic heterocycles. The van der Waals surface area contributed by atoms with Crippen LogP contribution in [0.5, 0.6) is 0 Å². The molecule has 236 valence electrons. The lowest BCUT2D eigenvalue weighted by Crippen LogP contribution is -2.49. The highest BCUT2D eigenvalue weighted by Crippen LogP contribution is 2.14. The molecule has 7 nitrogen and oxygen atoms in total. The van der Waals surface area contributed by atoms with Crippen molar-refractivity contribution in [1.29, 1.82) is 0 Å². The molecule has 1 aliphatic heterocycles. The van der Waals surface area contributed by atoms with Gasteiger partial charge in [0.2, 0.25) is 11.8 Å². The van der Waals surface area contributed by atoms with Crippen molar-refractivity contribution in [3.8, 4) is 0 Å². The number of benzene rings is 3. The highest BCUT2D eigenvalue weighted by atomic mass is 19.1. The van der Waals surface area contributed by atoms with Crippen molar-refractivity contribution in [3.63, 3.8) is 0 Å². The van der Waals surface area contributed by atoms with E-state index in [4.69, 9.17) is 0 Å². The van der Waals surface area contributed by atoms with Gasteiger partial charge in [-0.15, -0.1) is 0 Å². The molecular formula is C35H44F2N4O3. The van der Waals surface area contributed by atoms with Gasteiger partial charge in [0.25, 0.3) is 0 Å². The molecule has 44 heavy (non-hydrogen) atoms. The smallest absolute Gasteiger partial charge is 0.223 e. The largest absolute Gasteiger partial charge is 0.390 e. The Bertz CT molecular complexity index is 1340. The van der Waals surface area contributed by atoms with E-state index in [0.717, 1.165) is 44.1 Å². The van der Waals surface area contributed by atoms with Gasteiger partial charge in [-0.3, -0.25) is 14.5 Å². The van der Waals surface area contributed by atoms with E-state index in [0.29, 0.717) is 25.2 Å².